The number of nitrogens with one attached hydrogen (secondary N) is 1. The molecule has 3 aromatic rings. The van der Waals surface area contributed by atoms with E-state index in [1.807, 2.05) is 32.0 Å². The van der Waals surface area contributed by atoms with Crippen molar-refractivity contribution in [2.45, 2.75) is 33.9 Å². The number of carbonyl (C=O) groups excluding carboxylic acids is 1. The van der Waals surface area contributed by atoms with Crippen LogP contribution in [0.15, 0.2) is 47.3 Å². The van der Waals surface area contributed by atoms with E-state index in [0.717, 1.165) is 27.6 Å². The van der Waals surface area contributed by atoms with Crippen molar-refractivity contribution in [3.05, 3.63) is 80.9 Å². The number of H-pyrrole nitrogens is 1. The van der Waals surface area contributed by atoms with Gasteiger partial charge in [-0.25, -0.2) is 4.39 Å². The summed E-state index contributed by atoms with van der Waals surface area (Å²) in [6.07, 6.45) is 0. The fraction of sp³-hybridized carbons (Fsp3) is 0.238. The number of amides is 1. The lowest BCUT2D eigenvalue weighted by Gasteiger charge is -2.21. The molecule has 26 heavy (non-hydrogen) atoms. The number of nitrogens with zero attached hydrogens (tertiary/aromatic N) is 1. The summed E-state index contributed by atoms with van der Waals surface area (Å²) in [5.74, 6) is -0.464. The van der Waals surface area contributed by atoms with E-state index in [2.05, 4.69) is 4.98 Å². The molecule has 0 unspecified atom stereocenters. The molecule has 1 aromatic heterocycles. The highest BCUT2D eigenvalue weighted by atomic mass is 19.1. The van der Waals surface area contributed by atoms with E-state index in [1.165, 1.54) is 19.1 Å². The van der Waals surface area contributed by atoms with Crippen LogP contribution in [0.1, 0.15) is 29.2 Å². The molecule has 0 fully saturated rings. The maximum absolute atomic E-state index is 13.1. The van der Waals surface area contributed by atoms with Crippen LogP contribution in [0.5, 0.6) is 0 Å². The van der Waals surface area contributed by atoms with Crippen LogP contribution in [0.4, 0.5) is 4.39 Å². The Labute approximate surface area is 151 Å². The highest BCUT2D eigenvalue weighted by Gasteiger charge is 2.14. The molecule has 1 N–H and O–H groups in total. The van der Waals surface area contributed by atoms with Gasteiger partial charge >= 0.3 is 0 Å². The molecule has 5 heteroatoms. The Morgan fingerprint density at radius 2 is 1.77 bits per heavy atom. The Hall–Kier alpha value is -2.95. The predicted molar refractivity (Wildman–Crippen MR) is 100 cm³/mol. The first-order chi connectivity index (χ1) is 12.3. The van der Waals surface area contributed by atoms with Crippen molar-refractivity contribution >= 4 is 16.8 Å². The largest absolute Gasteiger partial charge is 0.334 e. The van der Waals surface area contributed by atoms with Gasteiger partial charge in [0.15, 0.2) is 0 Å². The van der Waals surface area contributed by atoms with Crippen LogP contribution in [-0.2, 0) is 17.9 Å². The van der Waals surface area contributed by atoms with Crippen LogP contribution in [0.2, 0.25) is 0 Å². The highest BCUT2D eigenvalue weighted by molar-refractivity contribution is 5.83. The van der Waals surface area contributed by atoms with Gasteiger partial charge in [0.2, 0.25) is 5.91 Å². The molecule has 134 valence electrons. The van der Waals surface area contributed by atoms with E-state index in [1.54, 1.807) is 17.0 Å². The summed E-state index contributed by atoms with van der Waals surface area (Å²) < 4.78 is 13.1. The second-order valence-electron chi connectivity index (χ2n) is 6.60. The summed E-state index contributed by atoms with van der Waals surface area (Å²) >= 11 is 0. The summed E-state index contributed by atoms with van der Waals surface area (Å²) in [6.45, 7) is 5.96. The molecule has 0 aliphatic heterocycles. The highest BCUT2D eigenvalue weighted by Crippen LogP contribution is 2.19. The fourth-order valence-corrected chi connectivity index (χ4v) is 2.98. The first-order valence-electron chi connectivity index (χ1n) is 8.47. The third-order valence-electron chi connectivity index (χ3n) is 4.72. The third kappa shape index (κ3) is 3.67. The van der Waals surface area contributed by atoms with E-state index >= 15 is 0 Å². The van der Waals surface area contributed by atoms with Gasteiger partial charge < -0.3 is 9.88 Å². The molecule has 0 saturated heterocycles. The summed E-state index contributed by atoms with van der Waals surface area (Å²) in [5, 5.41) is 0.938. The fourth-order valence-electron chi connectivity index (χ4n) is 2.98. The van der Waals surface area contributed by atoms with Gasteiger partial charge in [0.25, 0.3) is 5.56 Å². The van der Waals surface area contributed by atoms with Crippen LogP contribution in [-0.4, -0.2) is 15.8 Å². The van der Waals surface area contributed by atoms with Crippen molar-refractivity contribution < 1.29 is 9.18 Å². The van der Waals surface area contributed by atoms with Crippen LogP contribution in [0, 0.1) is 19.7 Å². The number of carbonyl (C=O) groups is 1. The molecule has 1 heterocycles. The number of pyridine rings is 1. The number of rotatable bonds is 4. The Morgan fingerprint density at radius 3 is 2.42 bits per heavy atom. The Morgan fingerprint density at radius 1 is 1.08 bits per heavy atom. The zero-order valence-corrected chi connectivity index (χ0v) is 15.1. The normalized spacial score (nSPS) is 10.9. The van der Waals surface area contributed by atoms with Gasteiger partial charge in [0.05, 0.1) is 12.1 Å². The van der Waals surface area contributed by atoms with Crippen molar-refractivity contribution in [2.24, 2.45) is 0 Å². The number of aromatic amines is 1. The quantitative estimate of drug-likeness (QED) is 0.776. The van der Waals surface area contributed by atoms with Gasteiger partial charge in [0.1, 0.15) is 5.82 Å². The predicted octanol–water partition coefficient (Wildman–Crippen LogP) is 3.83. The van der Waals surface area contributed by atoms with Crippen LogP contribution in [0.25, 0.3) is 10.9 Å². The second kappa shape index (κ2) is 7.12. The minimum absolute atomic E-state index is 0.145. The summed E-state index contributed by atoms with van der Waals surface area (Å²) in [7, 11) is 0. The minimum atomic E-state index is -0.320. The Bertz CT molecular complexity index is 1020. The molecule has 0 atom stereocenters. The SMILES string of the molecule is CC(=O)N(Cc1ccc(F)cc1)Cc1cc2ccc(C)c(C)c2[nH]c1=O. The van der Waals surface area contributed by atoms with E-state index in [4.69, 9.17) is 0 Å². The van der Waals surface area contributed by atoms with Gasteiger partial charge in [-0.3, -0.25) is 9.59 Å². The van der Waals surface area contributed by atoms with Crippen LogP contribution < -0.4 is 5.56 Å². The lowest BCUT2D eigenvalue weighted by atomic mass is 10.0. The summed E-state index contributed by atoms with van der Waals surface area (Å²) in [6, 6.07) is 11.8. The van der Waals surface area contributed by atoms with Crippen molar-refractivity contribution in [1.82, 2.24) is 9.88 Å². The van der Waals surface area contributed by atoms with Gasteiger partial charge in [-0.05, 0) is 54.1 Å². The average Bonchev–Trinajstić information content (AvgIpc) is 2.60. The first-order valence-corrected chi connectivity index (χ1v) is 8.47. The minimum Gasteiger partial charge on any atom is -0.334 e. The number of aryl methyl sites for hydroxylation is 2. The van der Waals surface area contributed by atoms with Crippen LogP contribution in [0.3, 0.4) is 0 Å². The molecule has 2 aromatic carbocycles. The van der Waals surface area contributed by atoms with Gasteiger partial charge in [-0.2, -0.15) is 0 Å². The second-order valence-corrected chi connectivity index (χ2v) is 6.60. The zero-order valence-electron chi connectivity index (χ0n) is 15.1. The topological polar surface area (TPSA) is 53.2 Å². The number of benzene rings is 2. The van der Waals surface area contributed by atoms with E-state index in [9.17, 15) is 14.0 Å². The van der Waals surface area contributed by atoms with E-state index in [0.29, 0.717) is 12.1 Å². The smallest absolute Gasteiger partial charge is 0.253 e. The molecule has 0 radical (unpaired) electrons. The maximum atomic E-state index is 13.1. The van der Waals surface area contributed by atoms with Crippen molar-refractivity contribution in [1.29, 1.82) is 0 Å². The monoisotopic (exact) mass is 352 g/mol. The lowest BCUT2D eigenvalue weighted by molar-refractivity contribution is -0.130. The van der Waals surface area contributed by atoms with Gasteiger partial charge in [0, 0.05) is 19.0 Å². The van der Waals surface area contributed by atoms with Crippen LogP contribution >= 0.6 is 0 Å². The third-order valence-corrected chi connectivity index (χ3v) is 4.72. The molecular weight excluding hydrogens is 331 g/mol. The first kappa shape index (κ1) is 17.9. The lowest BCUT2D eigenvalue weighted by Crippen LogP contribution is -2.30. The van der Waals surface area contributed by atoms with Crippen molar-refractivity contribution in [3.8, 4) is 0 Å². The standard InChI is InChI=1S/C21H21FN2O2/c1-13-4-7-17-10-18(21(26)23-20(17)14(13)2)12-24(15(3)25)11-16-5-8-19(22)9-6-16/h4-10H,11-12H2,1-3H3,(H,23,26). The number of fused-ring (bicyclic) bond motifs is 1. The number of halogens is 1. The molecule has 0 spiro atoms. The number of aromatic nitrogens is 1. The molecule has 0 bridgehead atoms. The molecule has 0 saturated carbocycles. The Kier molecular flexibility index (Phi) is 4.89. The molecule has 1 amide bonds. The molecule has 0 aliphatic carbocycles. The average molecular weight is 352 g/mol. The van der Waals surface area contributed by atoms with E-state index < -0.39 is 0 Å². The maximum Gasteiger partial charge on any atom is 0.253 e. The number of hydrogen-bond acceptors (Lipinski definition) is 2. The molecule has 3 rings (SSSR count). The summed E-state index contributed by atoms with van der Waals surface area (Å²) in [4.78, 5) is 29.1. The van der Waals surface area contributed by atoms with Crippen molar-refractivity contribution in [3.63, 3.8) is 0 Å². The van der Waals surface area contributed by atoms with E-state index in [-0.39, 0.29) is 23.8 Å². The van der Waals surface area contributed by atoms with Gasteiger partial charge in [-0.1, -0.05) is 24.3 Å². The molecule has 4 nitrogen and oxygen atoms in total. The zero-order chi connectivity index (χ0) is 18.8. The summed E-state index contributed by atoms with van der Waals surface area (Å²) in [5.41, 5.74) is 4.12. The Balaban J connectivity index is 1.93. The molecular formula is C21H21FN2O2. The molecule has 0 aliphatic rings. The van der Waals surface area contributed by atoms with Gasteiger partial charge in [-0.15, -0.1) is 0 Å². The number of hydrogen-bond donors (Lipinski definition) is 1. The van der Waals surface area contributed by atoms with Crippen molar-refractivity contribution in [2.75, 3.05) is 0 Å².